The largest absolute Gasteiger partial charge is 0.324 e. The van der Waals surface area contributed by atoms with Crippen molar-refractivity contribution in [1.29, 1.82) is 0 Å². The highest BCUT2D eigenvalue weighted by Gasteiger charge is 2.35. The molecule has 0 heterocycles. The van der Waals surface area contributed by atoms with Crippen LogP contribution in [0.15, 0.2) is 91.0 Å². The van der Waals surface area contributed by atoms with Gasteiger partial charge in [0.2, 0.25) is 0 Å². The zero-order valence-electron chi connectivity index (χ0n) is 26.0. The van der Waals surface area contributed by atoms with Crippen LogP contribution in [-0.2, 0) is 5.41 Å². The van der Waals surface area contributed by atoms with E-state index in [0.29, 0.717) is 0 Å². The van der Waals surface area contributed by atoms with Crippen LogP contribution < -0.4 is 0 Å². The summed E-state index contributed by atoms with van der Waals surface area (Å²) in [6.45, 7) is 17.3. The van der Waals surface area contributed by atoms with Crippen molar-refractivity contribution < 1.29 is 4.48 Å². The molecule has 0 saturated carbocycles. The van der Waals surface area contributed by atoms with Crippen molar-refractivity contribution in [3.05, 3.63) is 108 Å². The maximum absolute atomic E-state index is 2.33. The third kappa shape index (κ3) is 9.95. The van der Waals surface area contributed by atoms with E-state index in [0.717, 1.165) is 12.8 Å². The first-order valence-corrected chi connectivity index (χ1v) is 16.1. The van der Waals surface area contributed by atoms with E-state index in [4.69, 9.17) is 0 Å². The number of hydrogen-bond donors (Lipinski definition) is 0. The topological polar surface area (TPSA) is 0 Å². The Labute approximate surface area is 242 Å². The van der Waals surface area contributed by atoms with E-state index in [1.54, 1.807) is 0 Å². The highest BCUT2D eigenvalue weighted by molar-refractivity contribution is 5.50. The molecule has 0 fully saturated rings. The Morgan fingerprint density at radius 2 is 0.692 bits per heavy atom. The molecule has 3 aromatic carbocycles. The van der Waals surface area contributed by atoms with Crippen molar-refractivity contribution in [2.24, 2.45) is 0 Å². The van der Waals surface area contributed by atoms with Gasteiger partial charge in [-0.2, -0.15) is 0 Å². The number of hydrogen-bond acceptors (Lipinski definition) is 0. The minimum Gasteiger partial charge on any atom is -0.324 e. The molecule has 0 saturated heterocycles. The zero-order valence-corrected chi connectivity index (χ0v) is 26.0. The SMILES string of the molecule is CCCC(c1ccccc1)(c1ccccc1)c1ccccc1.CCCC[N+](CCCC)(CCCC)CCCC. The first-order valence-electron chi connectivity index (χ1n) is 16.1. The quantitative estimate of drug-likeness (QED) is 0.121. The van der Waals surface area contributed by atoms with E-state index >= 15 is 0 Å². The van der Waals surface area contributed by atoms with Crippen LogP contribution in [0, 0.1) is 0 Å². The number of benzene rings is 3. The molecule has 0 aromatic heterocycles. The molecule has 0 radical (unpaired) electrons. The van der Waals surface area contributed by atoms with Gasteiger partial charge in [0.25, 0.3) is 0 Å². The van der Waals surface area contributed by atoms with E-state index in [2.05, 4.69) is 126 Å². The summed E-state index contributed by atoms with van der Waals surface area (Å²) in [5, 5.41) is 0. The molecule has 0 N–H and O–H groups in total. The van der Waals surface area contributed by atoms with Gasteiger partial charge >= 0.3 is 0 Å². The Kier molecular flexibility index (Phi) is 15.8. The van der Waals surface area contributed by atoms with Gasteiger partial charge in [0.1, 0.15) is 0 Å². The fraction of sp³-hybridized carbons (Fsp3) is 0.526. The Morgan fingerprint density at radius 1 is 0.410 bits per heavy atom. The monoisotopic (exact) mass is 528 g/mol. The second-order valence-corrected chi connectivity index (χ2v) is 11.4. The highest BCUT2D eigenvalue weighted by atomic mass is 15.3. The van der Waals surface area contributed by atoms with Crippen LogP contribution in [-0.4, -0.2) is 30.7 Å². The molecule has 3 rings (SSSR count). The van der Waals surface area contributed by atoms with Gasteiger partial charge in [-0.15, -0.1) is 0 Å². The smallest absolute Gasteiger partial charge is 0.0786 e. The van der Waals surface area contributed by atoms with Gasteiger partial charge in [-0.05, 0) is 48.8 Å². The highest BCUT2D eigenvalue weighted by Crippen LogP contribution is 2.42. The second kappa shape index (κ2) is 18.8. The Morgan fingerprint density at radius 3 is 0.923 bits per heavy atom. The molecule has 0 aliphatic carbocycles. The number of nitrogens with zero attached hydrogens (tertiary/aromatic N) is 1. The van der Waals surface area contributed by atoms with Crippen molar-refractivity contribution in [3.63, 3.8) is 0 Å². The Bertz CT molecular complexity index is 829. The molecule has 1 heteroatoms. The van der Waals surface area contributed by atoms with Gasteiger partial charge < -0.3 is 4.48 Å². The molecule has 0 aliphatic heterocycles. The third-order valence-corrected chi connectivity index (χ3v) is 8.37. The summed E-state index contributed by atoms with van der Waals surface area (Å²) in [5.41, 5.74) is 4.04. The molecular formula is C38H58N+. The van der Waals surface area contributed by atoms with Gasteiger partial charge in [-0.3, -0.25) is 0 Å². The molecule has 0 bridgehead atoms. The van der Waals surface area contributed by atoms with Crippen LogP contribution in [0.5, 0.6) is 0 Å². The maximum atomic E-state index is 2.33. The van der Waals surface area contributed by atoms with Crippen molar-refractivity contribution in [3.8, 4) is 0 Å². The number of unbranched alkanes of at least 4 members (excludes halogenated alkanes) is 4. The molecular weight excluding hydrogens is 470 g/mol. The number of rotatable bonds is 17. The second-order valence-electron chi connectivity index (χ2n) is 11.4. The molecule has 0 atom stereocenters. The molecule has 1 nitrogen and oxygen atoms in total. The van der Waals surface area contributed by atoms with Crippen LogP contribution in [0.2, 0.25) is 0 Å². The van der Waals surface area contributed by atoms with E-state index in [1.807, 2.05) is 0 Å². The summed E-state index contributed by atoms with van der Waals surface area (Å²) in [4.78, 5) is 0. The molecule has 39 heavy (non-hydrogen) atoms. The minimum absolute atomic E-state index is 0.0709. The Balaban J connectivity index is 0.000000285. The lowest BCUT2D eigenvalue weighted by molar-refractivity contribution is -0.929. The van der Waals surface area contributed by atoms with Gasteiger partial charge in [0.05, 0.1) is 26.2 Å². The van der Waals surface area contributed by atoms with Crippen LogP contribution in [0.3, 0.4) is 0 Å². The maximum Gasteiger partial charge on any atom is 0.0786 e. The van der Waals surface area contributed by atoms with Crippen molar-refractivity contribution >= 4 is 0 Å². The molecule has 3 aromatic rings. The fourth-order valence-corrected chi connectivity index (χ4v) is 6.12. The van der Waals surface area contributed by atoms with Gasteiger partial charge in [0.15, 0.2) is 0 Å². The van der Waals surface area contributed by atoms with Gasteiger partial charge in [-0.25, -0.2) is 0 Å². The standard InChI is InChI=1S/C22H22.C16H36N/c1-2-18-22(19-12-6-3-7-13-19,20-14-8-4-9-15-20)21-16-10-5-11-17-21;1-5-9-13-17(14-10-6-2,15-11-7-3)16-12-8-4/h3-17H,2,18H2,1H3;5-16H2,1-4H3/q;+1. The molecule has 0 aliphatic rings. The van der Waals surface area contributed by atoms with E-state index in [1.165, 1.54) is 98.7 Å². The van der Waals surface area contributed by atoms with E-state index in [-0.39, 0.29) is 5.41 Å². The predicted octanol–water partition coefficient (Wildman–Crippen LogP) is 10.8. The summed E-state index contributed by atoms with van der Waals surface area (Å²) >= 11 is 0. The van der Waals surface area contributed by atoms with E-state index in [9.17, 15) is 0 Å². The summed E-state index contributed by atoms with van der Waals surface area (Å²) in [7, 11) is 0. The van der Waals surface area contributed by atoms with Crippen molar-refractivity contribution in [2.45, 2.75) is 104 Å². The zero-order chi connectivity index (χ0) is 28.2. The number of quaternary nitrogens is 1. The molecule has 0 spiro atoms. The van der Waals surface area contributed by atoms with Crippen LogP contribution in [0.4, 0.5) is 0 Å². The molecule has 214 valence electrons. The fourth-order valence-electron chi connectivity index (χ4n) is 6.12. The summed E-state index contributed by atoms with van der Waals surface area (Å²) < 4.78 is 1.42. The van der Waals surface area contributed by atoms with Crippen molar-refractivity contribution in [1.82, 2.24) is 0 Å². The minimum atomic E-state index is -0.0709. The lowest BCUT2D eigenvalue weighted by Crippen LogP contribution is -2.50. The van der Waals surface area contributed by atoms with Crippen LogP contribution in [0.25, 0.3) is 0 Å². The van der Waals surface area contributed by atoms with E-state index < -0.39 is 0 Å². The molecule has 0 amide bonds. The first-order chi connectivity index (χ1) is 19.1. The summed E-state index contributed by atoms with van der Waals surface area (Å²) in [5.74, 6) is 0. The predicted molar refractivity (Wildman–Crippen MR) is 173 cm³/mol. The first kappa shape index (κ1) is 32.8. The lowest BCUT2D eigenvalue weighted by Gasteiger charge is -2.39. The average Bonchev–Trinajstić information content (AvgIpc) is 3.01. The third-order valence-electron chi connectivity index (χ3n) is 8.37. The summed E-state index contributed by atoms with van der Waals surface area (Å²) in [6, 6.07) is 32.7. The average molecular weight is 529 g/mol. The molecule has 0 unspecified atom stereocenters. The lowest BCUT2D eigenvalue weighted by atomic mass is 9.67. The normalized spacial score (nSPS) is 11.6. The van der Waals surface area contributed by atoms with Crippen LogP contribution in [0.1, 0.15) is 116 Å². The Hall–Kier alpha value is -2.38. The van der Waals surface area contributed by atoms with Gasteiger partial charge in [-0.1, -0.05) is 158 Å². The van der Waals surface area contributed by atoms with Crippen molar-refractivity contribution in [2.75, 3.05) is 26.2 Å². The van der Waals surface area contributed by atoms with Crippen LogP contribution >= 0.6 is 0 Å². The van der Waals surface area contributed by atoms with Gasteiger partial charge in [0, 0.05) is 5.41 Å². The summed E-state index contributed by atoms with van der Waals surface area (Å²) in [6.07, 6.45) is 13.3.